The van der Waals surface area contributed by atoms with Crippen LogP contribution >= 0.6 is 15.9 Å². The summed E-state index contributed by atoms with van der Waals surface area (Å²) in [6, 6.07) is 16.9. The third kappa shape index (κ3) is 3.08. The molecule has 0 bridgehead atoms. The maximum absolute atomic E-state index is 4.80. The van der Waals surface area contributed by atoms with Crippen molar-refractivity contribution in [3.8, 4) is 0 Å². The number of nitrogens with zero attached hydrogens (tertiary/aromatic N) is 2. The van der Waals surface area contributed by atoms with Crippen LogP contribution in [-0.4, -0.2) is 9.55 Å². The maximum atomic E-state index is 4.80. The molecule has 0 spiro atoms. The number of aryl methyl sites for hydroxylation is 1. The fraction of sp³-hybridized carbons (Fsp3) is 0.278. The van der Waals surface area contributed by atoms with Gasteiger partial charge >= 0.3 is 0 Å². The second kappa shape index (κ2) is 6.63. The van der Waals surface area contributed by atoms with Crippen molar-refractivity contribution in [2.24, 2.45) is 0 Å². The zero-order valence-corrected chi connectivity index (χ0v) is 14.5. The van der Waals surface area contributed by atoms with Crippen LogP contribution in [-0.2, 0) is 13.1 Å². The summed E-state index contributed by atoms with van der Waals surface area (Å²) in [5, 5.41) is 3.57. The van der Waals surface area contributed by atoms with E-state index in [9.17, 15) is 0 Å². The van der Waals surface area contributed by atoms with Crippen molar-refractivity contribution in [1.29, 1.82) is 0 Å². The van der Waals surface area contributed by atoms with Gasteiger partial charge < -0.3 is 9.88 Å². The van der Waals surface area contributed by atoms with E-state index in [0.717, 1.165) is 28.9 Å². The minimum absolute atomic E-state index is 0.200. The first-order chi connectivity index (χ1) is 10.7. The predicted molar refractivity (Wildman–Crippen MR) is 94.8 cm³/mol. The average Bonchev–Trinajstić information content (AvgIpc) is 2.91. The molecule has 0 aliphatic heterocycles. The summed E-state index contributed by atoms with van der Waals surface area (Å²) in [5.41, 5.74) is 3.53. The van der Waals surface area contributed by atoms with Gasteiger partial charge in [0.15, 0.2) is 0 Å². The lowest BCUT2D eigenvalue weighted by Gasteiger charge is -2.15. The van der Waals surface area contributed by atoms with Gasteiger partial charge in [0.25, 0.3) is 0 Å². The number of aromatic nitrogens is 2. The van der Waals surface area contributed by atoms with Gasteiger partial charge in [0.1, 0.15) is 5.82 Å². The molecule has 1 aromatic heterocycles. The molecule has 0 fully saturated rings. The van der Waals surface area contributed by atoms with Crippen LogP contribution in [0.2, 0.25) is 0 Å². The molecule has 22 heavy (non-hydrogen) atoms. The Kier molecular flexibility index (Phi) is 4.60. The quantitative estimate of drug-likeness (QED) is 0.718. The fourth-order valence-corrected chi connectivity index (χ4v) is 3.21. The van der Waals surface area contributed by atoms with Crippen molar-refractivity contribution in [3.63, 3.8) is 0 Å². The van der Waals surface area contributed by atoms with Crippen LogP contribution < -0.4 is 5.32 Å². The van der Waals surface area contributed by atoms with Gasteiger partial charge in [-0.2, -0.15) is 0 Å². The van der Waals surface area contributed by atoms with Crippen LogP contribution in [0.25, 0.3) is 11.0 Å². The van der Waals surface area contributed by atoms with Gasteiger partial charge in [-0.25, -0.2) is 4.98 Å². The molecule has 0 saturated heterocycles. The number of fused-ring (bicyclic) bond motifs is 1. The Hall–Kier alpha value is -1.65. The molecule has 0 aliphatic carbocycles. The Bertz CT molecular complexity index is 779. The van der Waals surface area contributed by atoms with Gasteiger partial charge in [0.05, 0.1) is 17.1 Å². The summed E-state index contributed by atoms with van der Waals surface area (Å²) in [6.45, 7) is 6.09. The SMILES string of the molecule is CCn1c(C(C)NCc2cccc(Br)c2)nc2ccccc21. The molecule has 2 aromatic carbocycles. The molecule has 4 heteroatoms. The lowest BCUT2D eigenvalue weighted by molar-refractivity contribution is 0.521. The monoisotopic (exact) mass is 357 g/mol. The highest BCUT2D eigenvalue weighted by Crippen LogP contribution is 2.21. The number of para-hydroxylation sites is 2. The van der Waals surface area contributed by atoms with E-state index in [4.69, 9.17) is 4.98 Å². The van der Waals surface area contributed by atoms with Crippen LogP contribution in [0.1, 0.15) is 31.3 Å². The van der Waals surface area contributed by atoms with E-state index >= 15 is 0 Å². The predicted octanol–water partition coefficient (Wildman–Crippen LogP) is 4.67. The molecule has 3 rings (SSSR count). The lowest BCUT2D eigenvalue weighted by Crippen LogP contribution is -2.21. The summed E-state index contributed by atoms with van der Waals surface area (Å²) in [5.74, 6) is 1.10. The molecule has 0 saturated carbocycles. The molecule has 3 aromatic rings. The van der Waals surface area contributed by atoms with Crippen molar-refractivity contribution >= 4 is 27.0 Å². The van der Waals surface area contributed by atoms with Gasteiger partial charge in [-0.3, -0.25) is 0 Å². The van der Waals surface area contributed by atoms with E-state index in [2.05, 4.69) is 76.1 Å². The molecule has 1 N–H and O–H groups in total. The Morgan fingerprint density at radius 3 is 2.77 bits per heavy atom. The smallest absolute Gasteiger partial charge is 0.126 e. The van der Waals surface area contributed by atoms with Crippen LogP contribution in [0.4, 0.5) is 0 Å². The molecule has 0 radical (unpaired) electrons. The zero-order valence-electron chi connectivity index (χ0n) is 12.9. The minimum Gasteiger partial charge on any atom is -0.327 e. The Labute approximate surface area is 139 Å². The largest absolute Gasteiger partial charge is 0.327 e. The van der Waals surface area contributed by atoms with Crippen LogP contribution in [0.3, 0.4) is 0 Å². The number of benzene rings is 2. The second-order valence-electron chi connectivity index (χ2n) is 5.44. The topological polar surface area (TPSA) is 29.9 Å². The third-order valence-corrected chi connectivity index (χ3v) is 4.38. The van der Waals surface area contributed by atoms with Crippen molar-refractivity contribution in [1.82, 2.24) is 14.9 Å². The van der Waals surface area contributed by atoms with Crippen molar-refractivity contribution in [2.75, 3.05) is 0 Å². The lowest BCUT2D eigenvalue weighted by atomic mass is 10.2. The van der Waals surface area contributed by atoms with E-state index in [-0.39, 0.29) is 6.04 Å². The van der Waals surface area contributed by atoms with Crippen LogP contribution in [0, 0.1) is 0 Å². The zero-order chi connectivity index (χ0) is 15.5. The van der Waals surface area contributed by atoms with Gasteiger partial charge in [-0.15, -0.1) is 0 Å². The summed E-state index contributed by atoms with van der Waals surface area (Å²) < 4.78 is 3.40. The van der Waals surface area contributed by atoms with Gasteiger partial charge in [-0.1, -0.05) is 40.2 Å². The van der Waals surface area contributed by atoms with E-state index in [1.54, 1.807) is 0 Å². The summed E-state index contributed by atoms with van der Waals surface area (Å²) in [4.78, 5) is 4.80. The normalized spacial score (nSPS) is 12.7. The highest BCUT2D eigenvalue weighted by atomic mass is 79.9. The molecule has 1 atom stereocenters. The highest BCUT2D eigenvalue weighted by Gasteiger charge is 2.15. The van der Waals surface area contributed by atoms with E-state index < -0.39 is 0 Å². The Morgan fingerprint density at radius 1 is 1.18 bits per heavy atom. The first-order valence-corrected chi connectivity index (χ1v) is 8.41. The molecule has 1 unspecified atom stereocenters. The molecule has 0 amide bonds. The number of rotatable bonds is 5. The number of nitrogens with one attached hydrogen (secondary N) is 1. The first-order valence-electron chi connectivity index (χ1n) is 7.62. The van der Waals surface area contributed by atoms with E-state index in [1.807, 2.05) is 12.1 Å². The third-order valence-electron chi connectivity index (χ3n) is 3.89. The van der Waals surface area contributed by atoms with Crippen molar-refractivity contribution in [3.05, 3.63) is 64.4 Å². The second-order valence-corrected chi connectivity index (χ2v) is 6.35. The van der Waals surface area contributed by atoms with Gasteiger partial charge in [-0.05, 0) is 43.7 Å². The van der Waals surface area contributed by atoms with Gasteiger partial charge in [0.2, 0.25) is 0 Å². The molecule has 0 aliphatic rings. The average molecular weight is 358 g/mol. The van der Waals surface area contributed by atoms with Gasteiger partial charge in [0, 0.05) is 17.6 Å². The number of imidazole rings is 1. The van der Waals surface area contributed by atoms with Crippen LogP contribution in [0.15, 0.2) is 53.0 Å². The standard InChI is InChI=1S/C18H20BrN3/c1-3-22-17-10-5-4-9-16(17)21-18(22)13(2)20-12-14-7-6-8-15(19)11-14/h4-11,13,20H,3,12H2,1-2H3. The molecular formula is C18H20BrN3. The summed E-state index contributed by atoms with van der Waals surface area (Å²) in [6.07, 6.45) is 0. The van der Waals surface area contributed by atoms with E-state index in [0.29, 0.717) is 0 Å². The summed E-state index contributed by atoms with van der Waals surface area (Å²) >= 11 is 3.52. The molecule has 3 nitrogen and oxygen atoms in total. The van der Waals surface area contributed by atoms with Crippen LogP contribution in [0.5, 0.6) is 0 Å². The van der Waals surface area contributed by atoms with E-state index in [1.165, 1.54) is 11.1 Å². The Balaban J connectivity index is 1.81. The molecule has 1 heterocycles. The number of hydrogen-bond acceptors (Lipinski definition) is 2. The molecule has 114 valence electrons. The minimum atomic E-state index is 0.200. The number of halogens is 1. The first kappa shape index (κ1) is 15.3. The fourth-order valence-electron chi connectivity index (χ4n) is 2.77. The van der Waals surface area contributed by atoms with Crippen molar-refractivity contribution < 1.29 is 0 Å². The maximum Gasteiger partial charge on any atom is 0.126 e. The Morgan fingerprint density at radius 2 is 2.00 bits per heavy atom. The number of hydrogen-bond donors (Lipinski definition) is 1. The van der Waals surface area contributed by atoms with Crippen molar-refractivity contribution in [2.45, 2.75) is 33.0 Å². The highest BCUT2D eigenvalue weighted by molar-refractivity contribution is 9.10. The molecular weight excluding hydrogens is 338 g/mol. The summed E-state index contributed by atoms with van der Waals surface area (Å²) in [7, 11) is 0.